The van der Waals surface area contributed by atoms with E-state index in [9.17, 15) is 0 Å². The van der Waals surface area contributed by atoms with Crippen LogP contribution in [0, 0.1) is 0 Å². The third kappa shape index (κ3) is 1.83. The number of nitrogens with one attached hydrogen (secondary N) is 1. The quantitative estimate of drug-likeness (QED) is 0.623. The van der Waals surface area contributed by atoms with E-state index in [0.29, 0.717) is 6.04 Å². The maximum atomic E-state index is 6.74. The van der Waals surface area contributed by atoms with Gasteiger partial charge in [-0.2, -0.15) is 0 Å². The number of hydrogen-bond acceptors (Lipinski definition) is 2. The molecule has 1 spiro atoms. The van der Waals surface area contributed by atoms with E-state index in [2.05, 4.69) is 71.9 Å². The Balaban J connectivity index is 1.54. The number of para-hydroxylation sites is 1. The van der Waals surface area contributed by atoms with Crippen LogP contribution in [-0.4, -0.2) is 29.0 Å². The number of aromatic amines is 1. The van der Waals surface area contributed by atoms with Crippen LogP contribution in [0.1, 0.15) is 41.8 Å². The Labute approximate surface area is 170 Å². The number of aromatic nitrogens is 1. The van der Waals surface area contributed by atoms with Gasteiger partial charge in [0.15, 0.2) is 6.10 Å². The lowest BCUT2D eigenvalue weighted by Gasteiger charge is -2.54. The van der Waals surface area contributed by atoms with Crippen molar-refractivity contribution in [1.82, 2.24) is 9.88 Å². The summed E-state index contributed by atoms with van der Waals surface area (Å²) in [6, 6.07) is 15.7. The topological polar surface area (TPSA) is 28.3 Å². The normalized spacial score (nSPS) is 28.5. The molecule has 3 nitrogen and oxygen atoms in total. The number of piperidine rings is 1. The van der Waals surface area contributed by atoms with Crippen molar-refractivity contribution in [3.63, 3.8) is 0 Å². The molecule has 2 aliphatic carbocycles. The number of ether oxygens (including phenoxy) is 1. The molecule has 0 amide bonds. The highest BCUT2D eigenvalue weighted by molar-refractivity contribution is 5.93. The van der Waals surface area contributed by atoms with Gasteiger partial charge in [-0.3, -0.25) is 4.90 Å². The maximum absolute atomic E-state index is 6.74. The highest BCUT2D eigenvalue weighted by Gasteiger charge is 2.61. The second-order valence-corrected chi connectivity index (χ2v) is 9.25. The molecule has 3 aromatic rings. The van der Waals surface area contributed by atoms with E-state index in [1.54, 1.807) is 5.57 Å². The molecule has 1 N–H and O–H groups in total. The van der Waals surface area contributed by atoms with Gasteiger partial charge in [0.1, 0.15) is 5.75 Å². The molecule has 2 aliphatic heterocycles. The zero-order valence-electron chi connectivity index (χ0n) is 16.7. The van der Waals surface area contributed by atoms with Crippen molar-refractivity contribution < 1.29 is 4.74 Å². The first-order valence-corrected chi connectivity index (χ1v) is 10.7. The molecule has 1 saturated heterocycles. The van der Waals surface area contributed by atoms with Crippen molar-refractivity contribution >= 4 is 17.0 Å². The molecule has 3 heterocycles. The molecule has 0 radical (unpaired) electrons. The van der Waals surface area contributed by atoms with Crippen LogP contribution in [-0.2, 0) is 11.8 Å². The molecular formula is C26H24N2O. The molecule has 2 aromatic carbocycles. The first-order valence-electron chi connectivity index (χ1n) is 10.7. The fourth-order valence-electron chi connectivity index (χ4n) is 6.59. The highest BCUT2D eigenvalue weighted by Crippen LogP contribution is 2.65. The Kier molecular flexibility index (Phi) is 2.89. The van der Waals surface area contributed by atoms with Crippen LogP contribution in [0.3, 0.4) is 0 Å². The third-order valence-electron chi connectivity index (χ3n) is 7.58. The van der Waals surface area contributed by atoms with Gasteiger partial charge in [-0.1, -0.05) is 48.6 Å². The minimum Gasteiger partial charge on any atom is -0.483 e. The van der Waals surface area contributed by atoms with Crippen molar-refractivity contribution in [1.29, 1.82) is 0 Å². The SMILES string of the molecule is C=C(C)CN1CC[C@@]23C4=Cc5c([nH]c6ccccc56)[C@@H]2Oc2cccc(c23)C[C@H]41. The average Bonchev–Trinajstić information content (AvgIpc) is 3.24. The van der Waals surface area contributed by atoms with Gasteiger partial charge >= 0.3 is 0 Å². The summed E-state index contributed by atoms with van der Waals surface area (Å²) in [5, 5.41) is 1.31. The lowest BCUT2D eigenvalue weighted by molar-refractivity contribution is 0.0841. The number of hydrogen-bond donors (Lipinski definition) is 1. The van der Waals surface area contributed by atoms with Crippen LogP contribution in [0.15, 0.2) is 60.2 Å². The summed E-state index contributed by atoms with van der Waals surface area (Å²) in [5.41, 5.74) is 9.51. The summed E-state index contributed by atoms with van der Waals surface area (Å²) in [6.07, 6.45) is 4.73. The Morgan fingerprint density at radius 2 is 2.14 bits per heavy atom. The van der Waals surface area contributed by atoms with Crippen LogP contribution in [0.2, 0.25) is 0 Å². The molecule has 29 heavy (non-hydrogen) atoms. The van der Waals surface area contributed by atoms with Crippen LogP contribution in [0.4, 0.5) is 0 Å². The predicted molar refractivity (Wildman–Crippen MR) is 116 cm³/mol. The number of fused-ring (bicyclic) bond motifs is 4. The molecule has 0 unspecified atom stereocenters. The molecule has 1 fully saturated rings. The Morgan fingerprint density at radius 3 is 3.03 bits per heavy atom. The van der Waals surface area contributed by atoms with E-state index in [-0.39, 0.29) is 11.5 Å². The van der Waals surface area contributed by atoms with Crippen LogP contribution in [0.5, 0.6) is 5.75 Å². The molecule has 4 aliphatic rings. The number of rotatable bonds is 2. The molecule has 7 rings (SSSR count). The maximum Gasteiger partial charge on any atom is 0.153 e. The number of likely N-dealkylation sites (tertiary alicyclic amines) is 1. The van der Waals surface area contributed by atoms with Crippen molar-refractivity contribution in [2.75, 3.05) is 13.1 Å². The second kappa shape index (κ2) is 5.22. The summed E-state index contributed by atoms with van der Waals surface area (Å²) in [6.45, 7) is 8.42. The average molecular weight is 380 g/mol. The fraction of sp³-hybridized carbons (Fsp3) is 0.308. The lowest BCUT2D eigenvalue weighted by atomic mass is 9.56. The van der Waals surface area contributed by atoms with Crippen molar-refractivity contribution in [3.05, 3.63) is 82.6 Å². The molecule has 144 valence electrons. The molecular weight excluding hydrogens is 356 g/mol. The Morgan fingerprint density at radius 1 is 1.24 bits per heavy atom. The standard InChI is InChI=1S/C26H24N2O/c1-15(2)14-28-11-10-26-19-13-18-17-7-3-4-8-20(17)27-24(18)25(26)29-22-9-5-6-16(23(22)26)12-21(19)28/h3-9,13,21,25,27H,1,10-12,14H2,2H3/t21-,25+,26+/m1/s1. The largest absolute Gasteiger partial charge is 0.483 e. The minimum atomic E-state index is -0.0195. The number of nitrogens with zero attached hydrogens (tertiary/aromatic N) is 1. The summed E-state index contributed by atoms with van der Waals surface area (Å²) in [7, 11) is 0. The number of benzene rings is 2. The number of H-pyrrole nitrogens is 1. The lowest BCUT2D eigenvalue weighted by Crippen LogP contribution is -2.57. The van der Waals surface area contributed by atoms with Crippen LogP contribution >= 0.6 is 0 Å². The van der Waals surface area contributed by atoms with E-state index in [1.165, 1.54) is 38.9 Å². The first-order chi connectivity index (χ1) is 14.2. The van der Waals surface area contributed by atoms with E-state index in [1.807, 2.05) is 0 Å². The Hall–Kier alpha value is -2.78. The molecule has 3 atom stereocenters. The van der Waals surface area contributed by atoms with Gasteiger partial charge in [0, 0.05) is 41.2 Å². The van der Waals surface area contributed by atoms with Crippen LogP contribution < -0.4 is 4.74 Å². The van der Waals surface area contributed by atoms with Gasteiger partial charge < -0.3 is 9.72 Å². The zero-order valence-corrected chi connectivity index (χ0v) is 16.7. The smallest absolute Gasteiger partial charge is 0.153 e. The van der Waals surface area contributed by atoms with Gasteiger partial charge in [0.2, 0.25) is 0 Å². The molecule has 3 heteroatoms. The van der Waals surface area contributed by atoms with Gasteiger partial charge in [-0.15, -0.1) is 0 Å². The van der Waals surface area contributed by atoms with E-state index >= 15 is 0 Å². The molecule has 2 bridgehead atoms. The van der Waals surface area contributed by atoms with Gasteiger partial charge in [-0.05, 0) is 43.0 Å². The predicted octanol–water partition coefficient (Wildman–Crippen LogP) is 5.14. The van der Waals surface area contributed by atoms with E-state index < -0.39 is 0 Å². The van der Waals surface area contributed by atoms with Crippen LogP contribution in [0.25, 0.3) is 17.0 Å². The monoisotopic (exact) mass is 380 g/mol. The summed E-state index contributed by atoms with van der Waals surface area (Å²) in [5.74, 6) is 1.09. The summed E-state index contributed by atoms with van der Waals surface area (Å²) < 4.78 is 6.74. The van der Waals surface area contributed by atoms with E-state index in [0.717, 1.165) is 31.7 Å². The van der Waals surface area contributed by atoms with Gasteiger partial charge in [0.25, 0.3) is 0 Å². The van der Waals surface area contributed by atoms with Crippen molar-refractivity contribution in [2.45, 2.75) is 37.3 Å². The Bertz CT molecular complexity index is 1250. The third-order valence-corrected chi connectivity index (χ3v) is 7.58. The minimum absolute atomic E-state index is 0.0195. The fourth-order valence-corrected chi connectivity index (χ4v) is 6.59. The summed E-state index contributed by atoms with van der Waals surface area (Å²) in [4.78, 5) is 6.37. The van der Waals surface area contributed by atoms with Gasteiger partial charge in [-0.25, -0.2) is 0 Å². The second-order valence-electron chi connectivity index (χ2n) is 9.25. The highest BCUT2D eigenvalue weighted by atomic mass is 16.5. The molecule has 0 saturated carbocycles. The van der Waals surface area contributed by atoms with Crippen molar-refractivity contribution in [2.24, 2.45) is 0 Å². The van der Waals surface area contributed by atoms with Crippen molar-refractivity contribution in [3.8, 4) is 5.75 Å². The van der Waals surface area contributed by atoms with Gasteiger partial charge in [0.05, 0.1) is 11.1 Å². The van der Waals surface area contributed by atoms with E-state index in [4.69, 9.17) is 4.74 Å². The summed E-state index contributed by atoms with van der Waals surface area (Å²) >= 11 is 0. The molecule has 1 aromatic heterocycles. The zero-order chi connectivity index (χ0) is 19.3. The first kappa shape index (κ1) is 16.1.